The van der Waals surface area contributed by atoms with E-state index in [4.69, 9.17) is 31.5 Å². The van der Waals surface area contributed by atoms with Crippen molar-refractivity contribution in [2.45, 2.75) is 89.0 Å². The molecule has 356 valence electrons. The van der Waals surface area contributed by atoms with Gasteiger partial charge in [-0.1, -0.05) is 29.8 Å². The Morgan fingerprint density at radius 2 is 1.49 bits per heavy atom. The van der Waals surface area contributed by atoms with Gasteiger partial charge in [-0.25, -0.2) is 9.59 Å². The van der Waals surface area contributed by atoms with Crippen LogP contribution in [0, 0.1) is 11.8 Å². The Labute approximate surface area is 383 Å². The Morgan fingerprint density at radius 1 is 0.846 bits per heavy atom. The molecule has 0 spiro atoms. The van der Waals surface area contributed by atoms with Crippen LogP contribution in [-0.2, 0) is 47.6 Å². The number of hydrogen-bond acceptors (Lipinski definition) is 10. The van der Waals surface area contributed by atoms with Gasteiger partial charge in [0.2, 0.25) is 5.91 Å². The second kappa shape index (κ2) is 22.1. The number of esters is 1. The van der Waals surface area contributed by atoms with Crippen LogP contribution in [0.5, 0.6) is 0 Å². The number of alkyl halides is 3. The summed E-state index contributed by atoms with van der Waals surface area (Å²) < 4.78 is 58.5. The molecule has 2 aromatic carbocycles. The number of rotatable bonds is 13. The van der Waals surface area contributed by atoms with E-state index in [0.717, 1.165) is 56.2 Å². The first kappa shape index (κ1) is 48.1. The highest BCUT2D eigenvalue weighted by atomic mass is 35.5. The van der Waals surface area contributed by atoms with Gasteiger partial charge in [-0.3, -0.25) is 19.3 Å². The molecule has 0 aliphatic carbocycles. The lowest BCUT2D eigenvalue weighted by Gasteiger charge is -2.41. The molecule has 3 N–H and O–H groups in total. The monoisotopic (exact) mass is 931 g/mol. The second-order valence-electron chi connectivity index (χ2n) is 17.8. The number of piperidine rings is 3. The molecule has 0 aromatic heterocycles. The van der Waals surface area contributed by atoms with E-state index >= 15 is 0 Å². The number of urea groups is 1. The average Bonchev–Trinajstić information content (AvgIpc) is 3.48. The molecule has 5 aliphatic heterocycles. The summed E-state index contributed by atoms with van der Waals surface area (Å²) in [5, 5.41) is 2.66. The van der Waals surface area contributed by atoms with Gasteiger partial charge in [0.1, 0.15) is 0 Å². The Morgan fingerprint density at radius 3 is 2.17 bits per heavy atom. The minimum Gasteiger partial charge on any atom is -0.466 e. The SMILES string of the molecule is Nc1c(Cl)cc(C[C@@H](OC(=O)N2CCC(N3CCc4ccccc4NC3=O)CC2)C(=O)N2CCC(C3CCN(C(=O)CCC(=O)OCCCN4CCOCC4)CC3)CC2)cc1C(F)(F)F. The highest BCUT2D eigenvalue weighted by molar-refractivity contribution is 6.33. The minimum atomic E-state index is -4.81. The number of ether oxygens (including phenoxy) is 3. The number of hydrogen-bond donors (Lipinski definition) is 2. The third-order valence-corrected chi connectivity index (χ3v) is 14.0. The van der Waals surface area contributed by atoms with Gasteiger partial charge in [0.15, 0.2) is 6.10 Å². The number of halogens is 4. The van der Waals surface area contributed by atoms with Crippen molar-refractivity contribution in [3.63, 3.8) is 0 Å². The van der Waals surface area contributed by atoms with E-state index in [1.807, 2.05) is 24.3 Å². The van der Waals surface area contributed by atoms with Gasteiger partial charge in [-0.2, -0.15) is 13.2 Å². The van der Waals surface area contributed by atoms with Crippen molar-refractivity contribution in [3.8, 4) is 0 Å². The molecule has 2 aromatic rings. The first-order valence-corrected chi connectivity index (χ1v) is 23.4. The predicted octanol–water partition coefficient (Wildman–Crippen LogP) is 6.07. The van der Waals surface area contributed by atoms with Gasteiger partial charge in [-0.05, 0) is 92.5 Å². The van der Waals surface area contributed by atoms with E-state index in [1.54, 1.807) is 14.7 Å². The van der Waals surface area contributed by atoms with Crippen molar-refractivity contribution < 1.29 is 51.4 Å². The van der Waals surface area contributed by atoms with Gasteiger partial charge < -0.3 is 44.9 Å². The molecule has 5 heterocycles. The van der Waals surface area contributed by atoms with E-state index in [-0.39, 0.29) is 72.8 Å². The number of benzene rings is 2. The van der Waals surface area contributed by atoms with Crippen molar-refractivity contribution in [2.24, 2.45) is 11.8 Å². The Balaban J connectivity index is 0.895. The van der Waals surface area contributed by atoms with Gasteiger partial charge in [0.25, 0.3) is 5.91 Å². The molecule has 7 rings (SSSR count). The summed E-state index contributed by atoms with van der Waals surface area (Å²) in [7, 11) is 0. The van der Waals surface area contributed by atoms with Crippen molar-refractivity contribution in [1.29, 1.82) is 0 Å². The summed E-state index contributed by atoms with van der Waals surface area (Å²) in [6.45, 7) is 7.28. The van der Waals surface area contributed by atoms with Crippen LogP contribution < -0.4 is 11.1 Å². The molecule has 19 heteroatoms. The maximum absolute atomic E-state index is 14.2. The fourth-order valence-electron chi connectivity index (χ4n) is 9.87. The van der Waals surface area contributed by atoms with Crippen LogP contribution in [0.4, 0.5) is 34.1 Å². The third-order valence-electron chi connectivity index (χ3n) is 13.7. The first-order valence-electron chi connectivity index (χ1n) is 23.0. The highest BCUT2D eigenvalue weighted by Gasteiger charge is 2.39. The summed E-state index contributed by atoms with van der Waals surface area (Å²) in [6, 6.07) is 9.42. The largest absolute Gasteiger partial charge is 0.466 e. The Kier molecular flexibility index (Phi) is 16.4. The maximum Gasteiger partial charge on any atom is 0.418 e. The van der Waals surface area contributed by atoms with E-state index in [2.05, 4.69) is 10.2 Å². The van der Waals surface area contributed by atoms with Crippen LogP contribution in [-0.4, -0.2) is 152 Å². The molecule has 1 atom stereocenters. The topological polar surface area (TPSA) is 167 Å². The summed E-state index contributed by atoms with van der Waals surface area (Å²) in [5.74, 6) is -0.330. The summed E-state index contributed by atoms with van der Waals surface area (Å²) in [5.41, 5.74) is 5.80. The molecule has 0 radical (unpaired) electrons. The molecule has 15 nitrogen and oxygen atoms in total. The maximum atomic E-state index is 14.2. The van der Waals surface area contributed by atoms with Crippen molar-refractivity contribution in [1.82, 2.24) is 24.5 Å². The van der Waals surface area contributed by atoms with Crippen LogP contribution in [0.2, 0.25) is 5.02 Å². The molecule has 5 aliphatic rings. The first-order chi connectivity index (χ1) is 31.2. The lowest BCUT2D eigenvalue weighted by Crippen LogP contribution is -2.52. The molecule has 0 unspecified atom stereocenters. The third kappa shape index (κ3) is 12.8. The minimum absolute atomic E-state index is 0.0429. The fraction of sp³-hybridized carbons (Fsp3) is 0.630. The number of likely N-dealkylation sites (tertiary alicyclic amines) is 3. The number of nitrogens with two attached hydrogens (primary N) is 1. The Hall–Kier alpha value is -4.81. The predicted molar refractivity (Wildman–Crippen MR) is 236 cm³/mol. The lowest BCUT2D eigenvalue weighted by molar-refractivity contribution is -0.146. The molecule has 4 saturated heterocycles. The Bertz CT molecular complexity index is 2000. The van der Waals surface area contributed by atoms with Crippen LogP contribution in [0.3, 0.4) is 0 Å². The van der Waals surface area contributed by atoms with Crippen LogP contribution in [0.1, 0.15) is 74.5 Å². The molecule has 0 saturated carbocycles. The normalized spacial score (nSPS) is 20.2. The van der Waals surface area contributed by atoms with Crippen LogP contribution >= 0.6 is 11.6 Å². The van der Waals surface area contributed by atoms with Crippen molar-refractivity contribution >= 4 is 52.9 Å². The lowest BCUT2D eigenvalue weighted by atomic mass is 9.78. The number of nitrogens with zero attached hydrogens (tertiary/aromatic N) is 5. The zero-order chi connectivity index (χ0) is 46.1. The number of carbonyl (C=O) groups is 5. The summed E-state index contributed by atoms with van der Waals surface area (Å²) in [6.07, 6.45) is -1.89. The number of carbonyl (C=O) groups excluding carboxylic acids is 5. The zero-order valence-corrected chi connectivity index (χ0v) is 37.6. The van der Waals surface area contributed by atoms with Crippen LogP contribution in [0.15, 0.2) is 36.4 Å². The molecule has 65 heavy (non-hydrogen) atoms. The molecule has 0 bridgehead atoms. The zero-order valence-electron chi connectivity index (χ0n) is 36.8. The van der Waals surface area contributed by atoms with E-state index in [9.17, 15) is 37.1 Å². The van der Waals surface area contributed by atoms with Gasteiger partial charge in [0, 0.05) is 90.0 Å². The second-order valence-corrected chi connectivity index (χ2v) is 18.2. The smallest absolute Gasteiger partial charge is 0.418 e. The number of para-hydroxylation sites is 1. The van der Waals surface area contributed by atoms with Crippen LogP contribution in [0.25, 0.3) is 0 Å². The molecule has 4 fully saturated rings. The van der Waals surface area contributed by atoms with E-state index in [0.29, 0.717) is 90.6 Å². The number of amides is 5. The molecule has 5 amide bonds. The number of fused-ring (bicyclic) bond motifs is 1. The molecular weight excluding hydrogens is 871 g/mol. The van der Waals surface area contributed by atoms with Gasteiger partial charge in [-0.15, -0.1) is 0 Å². The molecular formula is C46H61ClF3N7O8. The average molecular weight is 932 g/mol. The van der Waals surface area contributed by atoms with Gasteiger partial charge in [0.05, 0.1) is 42.5 Å². The van der Waals surface area contributed by atoms with Gasteiger partial charge >= 0.3 is 24.3 Å². The summed E-state index contributed by atoms with van der Waals surface area (Å²) >= 11 is 6.16. The number of nitrogens with one attached hydrogen (secondary N) is 1. The quantitative estimate of drug-likeness (QED) is 0.137. The number of nitrogen functional groups attached to an aromatic ring is 1. The number of anilines is 2. The summed E-state index contributed by atoms with van der Waals surface area (Å²) in [4.78, 5) is 75.4. The standard InChI is InChI=1S/C46H61ClF3N7O8/c47-37-29-31(28-36(42(37)51)46(48,49)50)30-39(65-45(62)56-20-13-35(14-21-56)57-22-12-34-4-1-2-5-38(34)52-44(57)61)43(60)55-18-10-33(11-19-55)32-8-16-54(17-9-32)40(58)6-7-41(59)64-25-3-15-53-23-26-63-27-24-53/h1-2,4-5,28-29,32-33,35,39H,3,6-27,30,51H2,(H,52,61)/t39-/m1/s1. The van der Waals surface area contributed by atoms with Crippen molar-refractivity contribution in [2.75, 3.05) is 96.3 Å². The van der Waals surface area contributed by atoms with E-state index < -0.39 is 35.5 Å². The number of morpholine rings is 1. The van der Waals surface area contributed by atoms with E-state index in [1.165, 1.54) is 11.0 Å². The fourth-order valence-corrected chi connectivity index (χ4v) is 10.1. The van der Waals surface area contributed by atoms with Crippen molar-refractivity contribution in [3.05, 3.63) is 58.1 Å². The highest BCUT2D eigenvalue weighted by Crippen LogP contribution is 2.39.